The number of nitrogens with zero attached hydrogens (tertiary/aromatic N) is 1. The fourth-order valence-electron chi connectivity index (χ4n) is 7.58. The molecule has 5 atom stereocenters. The van der Waals surface area contributed by atoms with Gasteiger partial charge in [0.1, 0.15) is 11.9 Å². The van der Waals surface area contributed by atoms with Crippen LogP contribution in [0.3, 0.4) is 0 Å². The highest BCUT2D eigenvalue weighted by atomic mass is 16.8. The summed E-state index contributed by atoms with van der Waals surface area (Å²) in [6.45, 7) is 10.7. The molecule has 2 fully saturated rings. The van der Waals surface area contributed by atoms with Gasteiger partial charge in [-0.15, -0.1) is 5.23 Å². The second-order valence-electron chi connectivity index (χ2n) is 10.7. The smallest absolute Gasteiger partial charge is 0.291 e. The van der Waals surface area contributed by atoms with E-state index in [9.17, 15) is 15.2 Å². The zero-order valence-corrected chi connectivity index (χ0v) is 21.1. The molecule has 2 N–H and O–H groups in total. The Kier molecular flexibility index (Phi) is 5.51. The highest BCUT2D eigenvalue weighted by molar-refractivity contribution is 5.50. The molecule has 7 nitrogen and oxygen atoms in total. The summed E-state index contributed by atoms with van der Waals surface area (Å²) in [5.74, 6) is 1.19. The zero-order chi connectivity index (χ0) is 25.3. The first-order valence-corrected chi connectivity index (χ1v) is 12.0. The Morgan fingerprint density at radius 2 is 1.74 bits per heavy atom. The van der Waals surface area contributed by atoms with Crippen molar-refractivity contribution >= 4 is 5.69 Å². The van der Waals surface area contributed by atoms with Gasteiger partial charge in [-0.25, -0.2) is 0 Å². The normalized spacial score (nSPS) is 31.5. The molecule has 1 saturated heterocycles. The average Bonchev–Trinajstić information content (AvgIpc) is 3.23. The Morgan fingerprint density at radius 3 is 2.37 bits per heavy atom. The standard InChI is InChI=1S/C28H33NO6/c1-15-11-16(2)24-27(5,12-15)25(19-7-9-20(10-8-19)29(31)32)28(24)13-21(34-14-28)23-17(3)22(30)18(4)26(33-6)35-23/h7-12,21,24-25,31-32H,13-14H2,1-6H3/t21?,24?,25-,27-,28+/m1/s1. The van der Waals surface area contributed by atoms with E-state index in [0.717, 1.165) is 5.56 Å². The largest absolute Gasteiger partial charge is 0.468 e. The van der Waals surface area contributed by atoms with Crippen molar-refractivity contribution in [3.8, 4) is 5.95 Å². The molecule has 1 saturated carbocycles. The van der Waals surface area contributed by atoms with E-state index in [4.69, 9.17) is 13.9 Å². The number of methoxy groups -OCH3 is 1. The first-order valence-electron chi connectivity index (χ1n) is 12.0. The second-order valence-corrected chi connectivity index (χ2v) is 10.7. The molecule has 0 bridgehead atoms. The molecule has 35 heavy (non-hydrogen) atoms. The molecule has 0 amide bonds. The summed E-state index contributed by atoms with van der Waals surface area (Å²) >= 11 is 0. The maximum absolute atomic E-state index is 12.9. The molecular formula is C28H33NO6. The number of allylic oxidation sites excluding steroid dienone is 4. The van der Waals surface area contributed by atoms with Crippen LogP contribution in [-0.2, 0) is 4.74 Å². The van der Waals surface area contributed by atoms with Gasteiger partial charge in [0.15, 0.2) is 5.43 Å². The molecule has 2 aromatic rings. The number of fused-ring (bicyclic) bond motifs is 2. The van der Waals surface area contributed by atoms with Gasteiger partial charge in [-0.05, 0) is 57.7 Å². The fraction of sp³-hybridized carbons (Fsp3) is 0.464. The Labute approximate surface area is 205 Å². The number of hydrogen-bond acceptors (Lipinski definition) is 7. The third kappa shape index (κ3) is 3.33. The maximum Gasteiger partial charge on any atom is 0.291 e. The summed E-state index contributed by atoms with van der Waals surface area (Å²) in [6.07, 6.45) is 4.98. The third-order valence-corrected chi connectivity index (χ3v) is 8.46. The zero-order valence-electron chi connectivity index (χ0n) is 21.1. The van der Waals surface area contributed by atoms with Crippen molar-refractivity contribution in [1.82, 2.24) is 0 Å². The highest BCUT2D eigenvalue weighted by Crippen LogP contribution is 2.76. The lowest BCUT2D eigenvalue weighted by atomic mass is 9.35. The summed E-state index contributed by atoms with van der Waals surface area (Å²) < 4.78 is 17.8. The van der Waals surface area contributed by atoms with E-state index in [0.29, 0.717) is 35.6 Å². The Hall–Kier alpha value is -2.87. The van der Waals surface area contributed by atoms with Gasteiger partial charge in [-0.1, -0.05) is 42.4 Å². The van der Waals surface area contributed by atoms with Gasteiger partial charge in [-0.2, -0.15) is 0 Å². The van der Waals surface area contributed by atoms with Crippen LogP contribution in [0, 0.1) is 30.6 Å². The van der Waals surface area contributed by atoms with Gasteiger partial charge < -0.3 is 13.9 Å². The van der Waals surface area contributed by atoms with Gasteiger partial charge in [0.05, 0.1) is 25.0 Å². The lowest BCUT2D eigenvalue weighted by molar-refractivity contribution is -0.101. The summed E-state index contributed by atoms with van der Waals surface area (Å²) in [4.78, 5) is 12.9. The molecule has 1 aliphatic heterocycles. The van der Waals surface area contributed by atoms with Crippen molar-refractivity contribution in [3.05, 3.63) is 80.2 Å². The third-order valence-electron chi connectivity index (χ3n) is 8.46. The lowest BCUT2D eigenvalue weighted by Gasteiger charge is -2.67. The molecule has 2 heterocycles. The van der Waals surface area contributed by atoms with E-state index in [-0.39, 0.29) is 45.4 Å². The molecule has 2 unspecified atom stereocenters. The van der Waals surface area contributed by atoms with Crippen LogP contribution in [0.1, 0.15) is 61.7 Å². The molecule has 1 spiro atoms. The van der Waals surface area contributed by atoms with Gasteiger partial charge in [-0.3, -0.25) is 15.2 Å². The second kappa shape index (κ2) is 8.08. The summed E-state index contributed by atoms with van der Waals surface area (Å²) in [7, 11) is 1.50. The minimum absolute atomic E-state index is 0.0805. The van der Waals surface area contributed by atoms with Crippen LogP contribution in [0.2, 0.25) is 0 Å². The Bertz CT molecular complexity index is 1290. The predicted molar refractivity (Wildman–Crippen MR) is 131 cm³/mol. The molecule has 7 heteroatoms. The van der Waals surface area contributed by atoms with E-state index in [2.05, 4.69) is 32.9 Å². The average molecular weight is 480 g/mol. The van der Waals surface area contributed by atoms with Crippen LogP contribution in [0.5, 0.6) is 5.95 Å². The van der Waals surface area contributed by atoms with Crippen LogP contribution in [0.15, 0.2) is 56.8 Å². The van der Waals surface area contributed by atoms with E-state index >= 15 is 0 Å². The minimum Gasteiger partial charge on any atom is -0.468 e. The lowest BCUT2D eigenvalue weighted by Crippen LogP contribution is -2.62. The van der Waals surface area contributed by atoms with E-state index in [1.54, 1.807) is 26.0 Å². The SMILES string of the molecule is COc1oc(C2C[C@]3(CO2)C2C(C)=CC(C)=C[C@@]2(C)[C@H]3c2ccc(N(O)O)cc2)c(C)c(=O)c1C. The summed E-state index contributed by atoms with van der Waals surface area (Å²) in [6, 6.07) is 7.35. The van der Waals surface area contributed by atoms with Crippen molar-refractivity contribution in [2.75, 3.05) is 18.9 Å². The number of hydrogen-bond donors (Lipinski definition) is 2. The Morgan fingerprint density at radius 1 is 1.06 bits per heavy atom. The van der Waals surface area contributed by atoms with Crippen molar-refractivity contribution in [2.24, 2.45) is 16.7 Å². The molecule has 2 aliphatic carbocycles. The summed E-state index contributed by atoms with van der Waals surface area (Å²) in [5.41, 5.74) is 4.65. The predicted octanol–water partition coefficient (Wildman–Crippen LogP) is 5.62. The molecule has 3 aliphatic rings. The fourth-order valence-corrected chi connectivity index (χ4v) is 7.58. The van der Waals surface area contributed by atoms with E-state index in [1.807, 2.05) is 12.1 Å². The van der Waals surface area contributed by atoms with Crippen LogP contribution in [0.25, 0.3) is 0 Å². The topological polar surface area (TPSA) is 92.4 Å². The van der Waals surface area contributed by atoms with Gasteiger partial charge in [0.25, 0.3) is 5.95 Å². The van der Waals surface area contributed by atoms with E-state index in [1.165, 1.54) is 18.3 Å². The van der Waals surface area contributed by atoms with Crippen molar-refractivity contribution < 1.29 is 24.3 Å². The van der Waals surface area contributed by atoms with E-state index < -0.39 is 0 Å². The monoisotopic (exact) mass is 479 g/mol. The molecular weight excluding hydrogens is 446 g/mol. The molecule has 1 aromatic carbocycles. The van der Waals surface area contributed by atoms with Crippen LogP contribution in [-0.4, -0.2) is 24.1 Å². The molecule has 0 radical (unpaired) electrons. The Balaban J connectivity index is 1.59. The van der Waals surface area contributed by atoms with Crippen LogP contribution < -0.4 is 15.4 Å². The quantitative estimate of drug-likeness (QED) is 0.550. The molecule has 5 rings (SSSR count). The number of anilines is 1. The van der Waals surface area contributed by atoms with Gasteiger partial charge >= 0.3 is 0 Å². The molecule has 186 valence electrons. The number of rotatable bonds is 4. The van der Waals surface area contributed by atoms with Crippen molar-refractivity contribution in [3.63, 3.8) is 0 Å². The van der Waals surface area contributed by atoms with Crippen molar-refractivity contribution in [2.45, 2.75) is 53.1 Å². The van der Waals surface area contributed by atoms with Crippen molar-refractivity contribution in [1.29, 1.82) is 0 Å². The first kappa shape index (κ1) is 23.9. The molecule has 1 aromatic heterocycles. The maximum atomic E-state index is 12.9. The number of benzene rings is 1. The van der Waals surface area contributed by atoms with Gasteiger partial charge in [0.2, 0.25) is 0 Å². The van der Waals surface area contributed by atoms with Crippen LogP contribution >= 0.6 is 0 Å². The number of ether oxygens (including phenoxy) is 2. The van der Waals surface area contributed by atoms with Gasteiger partial charge in [0, 0.05) is 22.3 Å². The van der Waals surface area contributed by atoms with Crippen LogP contribution in [0.4, 0.5) is 5.69 Å². The highest BCUT2D eigenvalue weighted by Gasteiger charge is 2.71. The minimum atomic E-state index is -0.353. The summed E-state index contributed by atoms with van der Waals surface area (Å²) in [5, 5.41) is 19.0. The first-order chi connectivity index (χ1) is 16.5.